The lowest BCUT2D eigenvalue weighted by Crippen LogP contribution is -2.43. The SMILES string of the molecule is Cc1ccc(C(C)(CC2CCOC2=O)C(=O)NCc2ccccc2)cc1. The van der Waals surface area contributed by atoms with Gasteiger partial charge in [-0.3, -0.25) is 9.59 Å². The Labute approximate surface area is 154 Å². The van der Waals surface area contributed by atoms with Crippen LogP contribution in [0.3, 0.4) is 0 Å². The van der Waals surface area contributed by atoms with Crippen molar-refractivity contribution in [3.8, 4) is 0 Å². The van der Waals surface area contributed by atoms with Crippen LogP contribution in [0.15, 0.2) is 54.6 Å². The summed E-state index contributed by atoms with van der Waals surface area (Å²) in [6.07, 6.45) is 1.13. The van der Waals surface area contributed by atoms with Crippen molar-refractivity contribution in [3.05, 3.63) is 71.3 Å². The molecule has 1 N–H and O–H groups in total. The highest BCUT2D eigenvalue weighted by molar-refractivity contribution is 5.88. The lowest BCUT2D eigenvalue weighted by Gasteiger charge is -2.30. The van der Waals surface area contributed by atoms with Crippen LogP contribution in [0.2, 0.25) is 0 Å². The largest absolute Gasteiger partial charge is 0.465 e. The number of ether oxygens (including phenoxy) is 1. The number of cyclic esters (lactones) is 1. The van der Waals surface area contributed by atoms with Crippen molar-refractivity contribution in [1.82, 2.24) is 5.32 Å². The smallest absolute Gasteiger partial charge is 0.309 e. The van der Waals surface area contributed by atoms with Gasteiger partial charge in [-0.05, 0) is 37.8 Å². The van der Waals surface area contributed by atoms with Crippen molar-refractivity contribution in [3.63, 3.8) is 0 Å². The van der Waals surface area contributed by atoms with E-state index in [-0.39, 0.29) is 17.8 Å². The average Bonchev–Trinajstić information content (AvgIpc) is 3.05. The van der Waals surface area contributed by atoms with Crippen molar-refractivity contribution < 1.29 is 14.3 Å². The Balaban J connectivity index is 1.82. The molecule has 0 radical (unpaired) electrons. The van der Waals surface area contributed by atoms with E-state index in [1.54, 1.807) is 0 Å². The van der Waals surface area contributed by atoms with Gasteiger partial charge in [-0.25, -0.2) is 0 Å². The minimum atomic E-state index is -0.781. The van der Waals surface area contributed by atoms with E-state index < -0.39 is 5.41 Å². The van der Waals surface area contributed by atoms with Crippen LogP contribution in [-0.4, -0.2) is 18.5 Å². The minimum Gasteiger partial charge on any atom is -0.465 e. The van der Waals surface area contributed by atoms with Gasteiger partial charge in [0.05, 0.1) is 17.9 Å². The van der Waals surface area contributed by atoms with Gasteiger partial charge in [-0.2, -0.15) is 0 Å². The molecular weight excluding hydrogens is 326 g/mol. The van der Waals surface area contributed by atoms with Gasteiger partial charge in [0.15, 0.2) is 0 Å². The molecule has 0 spiro atoms. The van der Waals surface area contributed by atoms with Gasteiger partial charge in [-0.1, -0.05) is 60.2 Å². The van der Waals surface area contributed by atoms with Crippen molar-refractivity contribution >= 4 is 11.9 Å². The third-order valence-electron chi connectivity index (χ3n) is 5.18. The van der Waals surface area contributed by atoms with Crippen LogP contribution in [-0.2, 0) is 26.3 Å². The molecule has 0 aromatic heterocycles. The van der Waals surface area contributed by atoms with E-state index in [1.165, 1.54) is 0 Å². The number of carbonyl (C=O) groups is 2. The predicted octanol–water partition coefficient (Wildman–Crippen LogP) is 3.52. The monoisotopic (exact) mass is 351 g/mol. The lowest BCUT2D eigenvalue weighted by molar-refractivity contribution is -0.142. The van der Waals surface area contributed by atoms with Gasteiger partial charge in [0, 0.05) is 6.54 Å². The molecule has 2 unspecified atom stereocenters. The Hall–Kier alpha value is -2.62. The molecule has 4 heteroatoms. The maximum Gasteiger partial charge on any atom is 0.309 e. The fraction of sp³-hybridized carbons (Fsp3) is 0.364. The van der Waals surface area contributed by atoms with Crippen LogP contribution in [0.5, 0.6) is 0 Å². The second-order valence-corrected chi connectivity index (χ2v) is 7.22. The molecule has 1 amide bonds. The highest BCUT2D eigenvalue weighted by Crippen LogP contribution is 2.35. The maximum absolute atomic E-state index is 13.2. The standard InChI is InChI=1S/C22H25NO3/c1-16-8-10-19(11-9-16)22(2,14-18-12-13-26-20(18)24)21(25)23-15-17-6-4-3-5-7-17/h3-11,18H,12-15H2,1-2H3,(H,23,25). The summed E-state index contributed by atoms with van der Waals surface area (Å²) in [6.45, 7) is 4.85. The van der Waals surface area contributed by atoms with Crippen LogP contribution in [0.1, 0.15) is 36.5 Å². The number of hydrogen-bond donors (Lipinski definition) is 1. The van der Waals surface area contributed by atoms with E-state index in [0.29, 0.717) is 26.0 Å². The molecule has 2 aromatic rings. The maximum atomic E-state index is 13.2. The Morgan fingerprint density at radius 3 is 2.46 bits per heavy atom. The summed E-state index contributed by atoms with van der Waals surface area (Å²) in [5.74, 6) is -0.493. The first kappa shape index (κ1) is 18.2. The summed E-state index contributed by atoms with van der Waals surface area (Å²) in [4.78, 5) is 25.1. The predicted molar refractivity (Wildman–Crippen MR) is 101 cm³/mol. The van der Waals surface area contributed by atoms with Crippen LogP contribution in [0.4, 0.5) is 0 Å². The van der Waals surface area contributed by atoms with E-state index in [4.69, 9.17) is 4.74 Å². The molecule has 136 valence electrons. The zero-order valence-corrected chi connectivity index (χ0v) is 15.3. The second kappa shape index (κ2) is 7.73. The molecule has 1 saturated heterocycles. The topological polar surface area (TPSA) is 55.4 Å². The average molecular weight is 351 g/mol. The Morgan fingerprint density at radius 2 is 1.85 bits per heavy atom. The number of rotatable bonds is 6. The Kier molecular flexibility index (Phi) is 5.40. The number of aryl methyl sites for hydroxylation is 1. The van der Waals surface area contributed by atoms with Gasteiger partial charge in [0.25, 0.3) is 0 Å². The quantitative estimate of drug-likeness (QED) is 0.810. The van der Waals surface area contributed by atoms with Gasteiger partial charge in [-0.15, -0.1) is 0 Å². The van der Waals surface area contributed by atoms with E-state index in [2.05, 4.69) is 5.32 Å². The molecule has 2 atom stereocenters. The highest BCUT2D eigenvalue weighted by atomic mass is 16.5. The van der Waals surface area contributed by atoms with Crippen molar-refractivity contribution in [2.24, 2.45) is 5.92 Å². The summed E-state index contributed by atoms with van der Waals surface area (Å²) in [5, 5.41) is 3.05. The minimum absolute atomic E-state index is 0.0649. The molecule has 1 heterocycles. The zero-order chi connectivity index (χ0) is 18.6. The van der Waals surface area contributed by atoms with Crippen LogP contribution >= 0.6 is 0 Å². The summed E-state index contributed by atoms with van der Waals surface area (Å²) >= 11 is 0. The lowest BCUT2D eigenvalue weighted by atomic mass is 9.74. The second-order valence-electron chi connectivity index (χ2n) is 7.22. The zero-order valence-electron chi connectivity index (χ0n) is 15.3. The molecule has 26 heavy (non-hydrogen) atoms. The third kappa shape index (κ3) is 3.96. The van der Waals surface area contributed by atoms with E-state index in [9.17, 15) is 9.59 Å². The van der Waals surface area contributed by atoms with Crippen LogP contribution in [0, 0.1) is 12.8 Å². The molecule has 3 rings (SSSR count). The number of benzene rings is 2. The van der Waals surface area contributed by atoms with E-state index in [0.717, 1.165) is 16.7 Å². The number of hydrogen-bond acceptors (Lipinski definition) is 3. The highest BCUT2D eigenvalue weighted by Gasteiger charge is 2.41. The summed E-state index contributed by atoms with van der Waals surface area (Å²) in [6, 6.07) is 17.8. The Bertz CT molecular complexity index is 770. The number of amides is 1. The van der Waals surface area contributed by atoms with Crippen molar-refractivity contribution in [1.29, 1.82) is 0 Å². The van der Waals surface area contributed by atoms with Crippen molar-refractivity contribution in [2.45, 2.75) is 38.6 Å². The van der Waals surface area contributed by atoms with Gasteiger partial charge in [0.1, 0.15) is 0 Å². The van der Waals surface area contributed by atoms with Crippen molar-refractivity contribution in [2.75, 3.05) is 6.61 Å². The number of nitrogens with one attached hydrogen (secondary N) is 1. The summed E-state index contributed by atoms with van der Waals surface area (Å²) in [7, 11) is 0. The molecule has 2 aromatic carbocycles. The summed E-state index contributed by atoms with van der Waals surface area (Å²) < 4.78 is 5.10. The number of carbonyl (C=O) groups excluding carboxylic acids is 2. The van der Waals surface area contributed by atoms with Gasteiger partial charge >= 0.3 is 5.97 Å². The van der Waals surface area contributed by atoms with Gasteiger partial charge < -0.3 is 10.1 Å². The molecular formula is C22H25NO3. The number of esters is 1. The van der Waals surface area contributed by atoms with E-state index >= 15 is 0 Å². The molecule has 1 aliphatic rings. The molecule has 0 bridgehead atoms. The summed E-state index contributed by atoms with van der Waals surface area (Å²) in [5.41, 5.74) is 2.33. The molecule has 0 aliphatic carbocycles. The molecule has 4 nitrogen and oxygen atoms in total. The third-order valence-corrected chi connectivity index (χ3v) is 5.18. The van der Waals surface area contributed by atoms with Crippen LogP contribution in [0.25, 0.3) is 0 Å². The van der Waals surface area contributed by atoms with E-state index in [1.807, 2.05) is 68.4 Å². The molecule has 1 fully saturated rings. The first-order valence-electron chi connectivity index (χ1n) is 9.05. The Morgan fingerprint density at radius 1 is 1.15 bits per heavy atom. The fourth-order valence-electron chi connectivity index (χ4n) is 3.45. The fourth-order valence-corrected chi connectivity index (χ4v) is 3.45. The molecule has 1 aliphatic heterocycles. The molecule has 0 saturated carbocycles. The normalized spacial score (nSPS) is 18.8. The van der Waals surface area contributed by atoms with Gasteiger partial charge in [0.2, 0.25) is 5.91 Å². The first-order chi connectivity index (χ1) is 12.5. The first-order valence-corrected chi connectivity index (χ1v) is 9.05. The van der Waals surface area contributed by atoms with Crippen LogP contribution < -0.4 is 5.32 Å².